The highest BCUT2D eigenvalue weighted by molar-refractivity contribution is 7.14. The van der Waals surface area contributed by atoms with E-state index in [1.807, 2.05) is 0 Å². The molecule has 2 heterocycles. The molecule has 11 heavy (non-hydrogen) atoms. The molecule has 1 aromatic rings. The third kappa shape index (κ3) is 1.39. The van der Waals surface area contributed by atoms with E-state index >= 15 is 0 Å². The van der Waals surface area contributed by atoms with Gasteiger partial charge in [-0.1, -0.05) is 0 Å². The zero-order chi connectivity index (χ0) is 7.68. The van der Waals surface area contributed by atoms with Crippen LogP contribution in [0.1, 0.15) is 6.42 Å². The van der Waals surface area contributed by atoms with E-state index < -0.39 is 0 Å². The van der Waals surface area contributed by atoms with Crippen LogP contribution in [0.25, 0.3) is 0 Å². The highest BCUT2D eigenvalue weighted by atomic mass is 32.1. The minimum absolute atomic E-state index is 0.386. The summed E-state index contributed by atoms with van der Waals surface area (Å²) in [6.07, 6.45) is 1.14. The summed E-state index contributed by atoms with van der Waals surface area (Å²) in [6.45, 7) is 2.15. The molecule has 1 aliphatic rings. The molecule has 0 saturated carbocycles. The maximum atomic E-state index is 5.79. The van der Waals surface area contributed by atoms with E-state index in [2.05, 4.69) is 22.4 Å². The highest BCUT2D eigenvalue weighted by Gasteiger charge is 2.19. The van der Waals surface area contributed by atoms with Crippen molar-refractivity contribution in [2.45, 2.75) is 12.5 Å². The van der Waals surface area contributed by atoms with Crippen LogP contribution in [0, 0.1) is 0 Å². The van der Waals surface area contributed by atoms with Crippen molar-refractivity contribution in [2.75, 3.05) is 18.0 Å². The Bertz CT molecular complexity index is 220. The molecule has 1 atom stereocenters. The van der Waals surface area contributed by atoms with E-state index in [1.165, 1.54) is 5.00 Å². The first-order valence-electron chi connectivity index (χ1n) is 3.90. The van der Waals surface area contributed by atoms with Gasteiger partial charge in [-0.2, -0.15) is 0 Å². The number of hydrogen-bond acceptors (Lipinski definition) is 3. The Kier molecular flexibility index (Phi) is 1.84. The molecule has 2 rings (SSSR count). The molecule has 0 spiro atoms. The standard InChI is InChI=1S/C8H12N2S/c9-7-3-4-10(6-7)8-2-1-5-11-8/h1-2,5,7H,3-4,6,9H2. The lowest BCUT2D eigenvalue weighted by Gasteiger charge is -2.14. The van der Waals surface area contributed by atoms with Gasteiger partial charge in [0.05, 0.1) is 5.00 Å². The van der Waals surface area contributed by atoms with Crippen molar-refractivity contribution in [3.8, 4) is 0 Å². The molecule has 1 fully saturated rings. The van der Waals surface area contributed by atoms with E-state index in [0.29, 0.717) is 6.04 Å². The van der Waals surface area contributed by atoms with Gasteiger partial charge in [0.2, 0.25) is 0 Å². The fourth-order valence-corrected chi connectivity index (χ4v) is 2.21. The molecule has 1 aromatic heterocycles. The first-order valence-corrected chi connectivity index (χ1v) is 4.78. The molecule has 2 nitrogen and oxygen atoms in total. The van der Waals surface area contributed by atoms with E-state index in [9.17, 15) is 0 Å². The SMILES string of the molecule is NC1CCN(c2cccs2)C1. The highest BCUT2D eigenvalue weighted by Crippen LogP contribution is 2.24. The van der Waals surface area contributed by atoms with Crippen molar-refractivity contribution in [1.82, 2.24) is 0 Å². The van der Waals surface area contributed by atoms with Crippen LogP contribution in [0.3, 0.4) is 0 Å². The maximum Gasteiger partial charge on any atom is 0.0908 e. The Hall–Kier alpha value is -0.540. The van der Waals surface area contributed by atoms with Crippen LogP contribution in [0.4, 0.5) is 5.00 Å². The minimum Gasteiger partial charge on any atom is -0.362 e. The van der Waals surface area contributed by atoms with Crippen LogP contribution in [0.2, 0.25) is 0 Å². The lowest BCUT2D eigenvalue weighted by molar-refractivity contribution is 0.752. The maximum absolute atomic E-state index is 5.79. The second kappa shape index (κ2) is 2.83. The molecule has 2 N–H and O–H groups in total. The van der Waals surface area contributed by atoms with E-state index in [1.54, 1.807) is 11.3 Å². The summed E-state index contributed by atoms with van der Waals surface area (Å²) in [6, 6.07) is 4.63. The van der Waals surface area contributed by atoms with Crippen molar-refractivity contribution in [3.63, 3.8) is 0 Å². The lowest BCUT2D eigenvalue weighted by atomic mass is 10.3. The normalized spacial score (nSPS) is 24.5. The van der Waals surface area contributed by atoms with Crippen molar-refractivity contribution in [2.24, 2.45) is 5.73 Å². The Morgan fingerprint density at radius 3 is 3.09 bits per heavy atom. The van der Waals surface area contributed by atoms with Crippen molar-refractivity contribution >= 4 is 16.3 Å². The van der Waals surface area contributed by atoms with Crippen molar-refractivity contribution in [1.29, 1.82) is 0 Å². The fourth-order valence-electron chi connectivity index (χ4n) is 1.44. The number of hydrogen-bond donors (Lipinski definition) is 1. The smallest absolute Gasteiger partial charge is 0.0908 e. The Morgan fingerprint density at radius 1 is 1.64 bits per heavy atom. The van der Waals surface area contributed by atoms with Crippen LogP contribution in [-0.4, -0.2) is 19.1 Å². The average Bonchev–Trinajstić information content (AvgIpc) is 2.55. The summed E-state index contributed by atoms with van der Waals surface area (Å²) < 4.78 is 0. The van der Waals surface area contributed by atoms with Crippen LogP contribution in [-0.2, 0) is 0 Å². The van der Waals surface area contributed by atoms with Crippen LogP contribution >= 0.6 is 11.3 Å². The van der Waals surface area contributed by atoms with Gasteiger partial charge in [0.1, 0.15) is 0 Å². The van der Waals surface area contributed by atoms with E-state index in [4.69, 9.17) is 5.73 Å². The number of anilines is 1. The monoisotopic (exact) mass is 168 g/mol. The fraction of sp³-hybridized carbons (Fsp3) is 0.500. The van der Waals surface area contributed by atoms with Crippen LogP contribution in [0.15, 0.2) is 17.5 Å². The molecule has 0 aliphatic carbocycles. The molecule has 0 radical (unpaired) electrons. The zero-order valence-corrected chi connectivity index (χ0v) is 7.18. The second-order valence-corrected chi connectivity index (χ2v) is 3.87. The van der Waals surface area contributed by atoms with Crippen molar-refractivity contribution in [3.05, 3.63) is 17.5 Å². The van der Waals surface area contributed by atoms with Crippen molar-refractivity contribution < 1.29 is 0 Å². The molecule has 0 bridgehead atoms. The predicted molar refractivity (Wildman–Crippen MR) is 49.1 cm³/mol. The summed E-state index contributed by atoms with van der Waals surface area (Å²) in [5, 5.41) is 3.47. The Balaban J connectivity index is 2.08. The van der Waals surface area contributed by atoms with Gasteiger partial charge in [-0.05, 0) is 23.9 Å². The lowest BCUT2D eigenvalue weighted by Crippen LogP contribution is -2.25. The topological polar surface area (TPSA) is 29.3 Å². The largest absolute Gasteiger partial charge is 0.362 e. The first-order chi connectivity index (χ1) is 5.36. The van der Waals surface area contributed by atoms with Crippen LogP contribution in [0.5, 0.6) is 0 Å². The molecular weight excluding hydrogens is 156 g/mol. The molecular formula is C8H12N2S. The quantitative estimate of drug-likeness (QED) is 0.684. The van der Waals surface area contributed by atoms with E-state index in [0.717, 1.165) is 19.5 Å². The third-order valence-corrected chi connectivity index (χ3v) is 2.97. The number of nitrogens with zero attached hydrogens (tertiary/aromatic N) is 1. The van der Waals surface area contributed by atoms with E-state index in [-0.39, 0.29) is 0 Å². The molecule has 3 heteroatoms. The van der Waals surface area contributed by atoms with Gasteiger partial charge in [0, 0.05) is 19.1 Å². The first kappa shape index (κ1) is 7.13. The second-order valence-electron chi connectivity index (χ2n) is 2.95. The predicted octanol–water partition coefficient (Wildman–Crippen LogP) is 1.29. The van der Waals surface area contributed by atoms with Gasteiger partial charge in [0.15, 0.2) is 0 Å². The number of nitrogens with two attached hydrogens (primary N) is 1. The van der Waals surface area contributed by atoms with Gasteiger partial charge in [-0.3, -0.25) is 0 Å². The Morgan fingerprint density at radius 2 is 2.55 bits per heavy atom. The molecule has 1 unspecified atom stereocenters. The molecule has 0 aromatic carbocycles. The van der Waals surface area contributed by atoms with Gasteiger partial charge < -0.3 is 10.6 Å². The summed E-state index contributed by atoms with van der Waals surface area (Å²) >= 11 is 1.79. The summed E-state index contributed by atoms with van der Waals surface area (Å²) in [5.41, 5.74) is 5.79. The molecule has 1 aliphatic heterocycles. The minimum atomic E-state index is 0.386. The van der Waals surface area contributed by atoms with Gasteiger partial charge >= 0.3 is 0 Å². The average molecular weight is 168 g/mol. The molecule has 1 saturated heterocycles. The van der Waals surface area contributed by atoms with Gasteiger partial charge in [-0.25, -0.2) is 0 Å². The summed E-state index contributed by atoms with van der Waals surface area (Å²) in [4.78, 5) is 2.36. The molecule has 60 valence electrons. The van der Waals surface area contributed by atoms with Gasteiger partial charge in [-0.15, -0.1) is 11.3 Å². The van der Waals surface area contributed by atoms with Gasteiger partial charge in [0.25, 0.3) is 0 Å². The summed E-state index contributed by atoms with van der Waals surface area (Å²) in [5.74, 6) is 0. The van der Waals surface area contributed by atoms with Crippen LogP contribution < -0.4 is 10.6 Å². The Labute approximate surface area is 70.6 Å². The zero-order valence-electron chi connectivity index (χ0n) is 6.36. The third-order valence-electron chi connectivity index (χ3n) is 2.04. The number of rotatable bonds is 1. The molecule has 0 amide bonds. The summed E-state index contributed by atoms with van der Waals surface area (Å²) in [7, 11) is 0. The number of thiophene rings is 1.